The fourth-order valence-electron chi connectivity index (χ4n) is 2.69. The van der Waals surface area contributed by atoms with Gasteiger partial charge in [-0.2, -0.15) is 0 Å². The lowest BCUT2D eigenvalue weighted by molar-refractivity contribution is -0.140. The molecule has 1 aliphatic heterocycles. The van der Waals surface area contributed by atoms with Crippen LogP contribution in [0.15, 0.2) is 35.5 Å². The number of ether oxygens (including phenoxy) is 2. The molecule has 0 aliphatic carbocycles. The van der Waals surface area contributed by atoms with Crippen molar-refractivity contribution in [2.24, 2.45) is 0 Å². The Morgan fingerprint density at radius 1 is 1.24 bits per heavy atom. The highest BCUT2D eigenvalue weighted by molar-refractivity contribution is 6.31. The molecule has 1 heterocycles. The largest absolute Gasteiger partial charge is 0.469 e. The van der Waals surface area contributed by atoms with Crippen LogP contribution in [0.25, 0.3) is 0 Å². The Balaban J connectivity index is 0.000000381. The van der Waals surface area contributed by atoms with Gasteiger partial charge in [-0.05, 0) is 31.4 Å². The number of hydrogen-bond donors (Lipinski definition) is 1. The van der Waals surface area contributed by atoms with Crippen molar-refractivity contribution in [3.05, 3.63) is 46.1 Å². The lowest BCUT2D eigenvalue weighted by Gasteiger charge is -2.27. The topological polar surface area (TPSA) is 64.6 Å². The van der Waals surface area contributed by atoms with E-state index in [9.17, 15) is 9.59 Å². The zero-order valence-electron chi connectivity index (χ0n) is 15.2. The second-order valence-electron chi connectivity index (χ2n) is 5.65. The lowest BCUT2D eigenvalue weighted by atomic mass is 9.85. The van der Waals surface area contributed by atoms with Gasteiger partial charge < -0.3 is 14.8 Å². The van der Waals surface area contributed by atoms with Crippen molar-refractivity contribution in [3.63, 3.8) is 0 Å². The molecule has 0 aromatic heterocycles. The Hall–Kier alpha value is -2.01. The van der Waals surface area contributed by atoms with Crippen molar-refractivity contribution in [3.8, 4) is 0 Å². The van der Waals surface area contributed by atoms with Gasteiger partial charge in [0.15, 0.2) is 0 Å². The van der Waals surface area contributed by atoms with Crippen molar-refractivity contribution in [1.29, 1.82) is 0 Å². The van der Waals surface area contributed by atoms with E-state index in [1.165, 1.54) is 14.2 Å². The van der Waals surface area contributed by atoms with Crippen LogP contribution in [0, 0.1) is 0 Å². The highest BCUT2D eigenvalue weighted by Gasteiger charge is 2.29. The number of nitrogens with one attached hydrogen (secondary N) is 1. The molecule has 138 valence electrons. The van der Waals surface area contributed by atoms with Crippen LogP contribution in [0.3, 0.4) is 0 Å². The van der Waals surface area contributed by atoms with E-state index in [4.69, 9.17) is 16.3 Å². The molecule has 1 unspecified atom stereocenters. The standard InChI is InChI=1S/C14H16ClNO2.C5H10O2/c1-9-13(14(17)18-2)11(7-8-16-9)10-5-3-4-6-12(10)15;1-3-4-5(6)7-2/h3-6,11,16H,7-8H2,1-2H3;3-4H2,1-2H3. The van der Waals surface area contributed by atoms with Gasteiger partial charge in [0, 0.05) is 29.6 Å². The Kier molecular flexibility index (Phi) is 9.06. The summed E-state index contributed by atoms with van der Waals surface area (Å²) >= 11 is 6.22. The maximum absolute atomic E-state index is 11.9. The zero-order valence-corrected chi connectivity index (χ0v) is 16.0. The first kappa shape index (κ1) is 21.0. The summed E-state index contributed by atoms with van der Waals surface area (Å²) in [5, 5.41) is 3.90. The quantitative estimate of drug-likeness (QED) is 0.819. The molecular weight excluding hydrogens is 342 g/mol. The Morgan fingerprint density at radius 2 is 1.92 bits per heavy atom. The summed E-state index contributed by atoms with van der Waals surface area (Å²) in [6.07, 6.45) is 2.24. The molecule has 2 rings (SSSR count). The van der Waals surface area contributed by atoms with Gasteiger partial charge in [-0.25, -0.2) is 4.79 Å². The fraction of sp³-hybridized carbons (Fsp3) is 0.474. The van der Waals surface area contributed by atoms with Crippen LogP contribution in [0.2, 0.25) is 5.02 Å². The third-order valence-electron chi connectivity index (χ3n) is 3.94. The van der Waals surface area contributed by atoms with Crippen molar-refractivity contribution < 1.29 is 19.1 Å². The average Bonchev–Trinajstić information content (AvgIpc) is 2.62. The minimum atomic E-state index is -0.287. The van der Waals surface area contributed by atoms with Crippen molar-refractivity contribution in [2.45, 2.75) is 39.0 Å². The van der Waals surface area contributed by atoms with Gasteiger partial charge in [0.2, 0.25) is 0 Å². The number of methoxy groups -OCH3 is 2. The van der Waals surface area contributed by atoms with Crippen molar-refractivity contribution in [2.75, 3.05) is 20.8 Å². The molecule has 6 heteroatoms. The molecule has 25 heavy (non-hydrogen) atoms. The van der Waals surface area contributed by atoms with Gasteiger partial charge in [-0.15, -0.1) is 0 Å². The van der Waals surface area contributed by atoms with Gasteiger partial charge >= 0.3 is 11.9 Å². The van der Waals surface area contributed by atoms with Gasteiger partial charge in [0.1, 0.15) is 0 Å². The van der Waals surface area contributed by atoms with E-state index < -0.39 is 0 Å². The Labute approximate surface area is 154 Å². The molecule has 0 saturated heterocycles. The fourth-order valence-corrected chi connectivity index (χ4v) is 2.95. The summed E-state index contributed by atoms with van der Waals surface area (Å²) < 4.78 is 9.22. The second-order valence-corrected chi connectivity index (χ2v) is 6.05. The number of allylic oxidation sites excluding steroid dienone is 1. The summed E-state index contributed by atoms with van der Waals surface area (Å²) in [4.78, 5) is 22.1. The van der Waals surface area contributed by atoms with Crippen molar-refractivity contribution in [1.82, 2.24) is 5.32 Å². The van der Waals surface area contributed by atoms with Crippen LogP contribution < -0.4 is 5.32 Å². The molecule has 0 spiro atoms. The second kappa shape index (κ2) is 10.8. The van der Waals surface area contributed by atoms with Crippen LogP contribution in [-0.4, -0.2) is 32.7 Å². The van der Waals surface area contributed by atoms with Crippen LogP contribution >= 0.6 is 11.6 Å². The predicted octanol–water partition coefficient (Wildman–Crippen LogP) is 3.82. The Morgan fingerprint density at radius 3 is 2.44 bits per heavy atom. The van der Waals surface area contributed by atoms with Crippen molar-refractivity contribution >= 4 is 23.5 Å². The summed E-state index contributed by atoms with van der Waals surface area (Å²) in [5.41, 5.74) is 2.54. The number of hydrogen-bond acceptors (Lipinski definition) is 5. The molecule has 1 aliphatic rings. The third kappa shape index (κ3) is 6.09. The molecule has 0 saturated carbocycles. The molecule has 0 radical (unpaired) electrons. The molecule has 0 amide bonds. The van der Waals surface area contributed by atoms with E-state index in [1.54, 1.807) is 0 Å². The van der Waals surface area contributed by atoms with E-state index in [0.717, 1.165) is 30.6 Å². The first-order valence-electron chi connectivity index (χ1n) is 8.30. The molecule has 1 aromatic carbocycles. The average molecular weight is 368 g/mol. The first-order chi connectivity index (χ1) is 12.0. The van der Waals surface area contributed by atoms with Crippen LogP contribution in [0.1, 0.15) is 44.6 Å². The molecular formula is C19H26ClNO4. The zero-order chi connectivity index (χ0) is 18.8. The lowest BCUT2D eigenvalue weighted by Crippen LogP contribution is -2.29. The number of carbonyl (C=O) groups excluding carboxylic acids is 2. The summed E-state index contributed by atoms with van der Waals surface area (Å²) in [6, 6.07) is 7.65. The van der Waals surface area contributed by atoms with Crippen LogP contribution in [0.4, 0.5) is 0 Å². The number of carbonyl (C=O) groups is 2. The number of halogens is 1. The third-order valence-corrected chi connectivity index (χ3v) is 4.29. The van der Waals surface area contributed by atoms with Gasteiger partial charge in [-0.3, -0.25) is 4.79 Å². The maximum Gasteiger partial charge on any atom is 0.336 e. The maximum atomic E-state index is 11.9. The van der Waals surface area contributed by atoms with Crippen LogP contribution in [0.5, 0.6) is 0 Å². The van der Waals surface area contributed by atoms with Crippen LogP contribution in [-0.2, 0) is 19.1 Å². The normalized spacial score (nSPS) is 16.3. The molecule has 1 aromatic rings. The highest BCUT2D eigenvalue weighted by Crippen LogP contribution is 2.36. The van der Waals surface area contributed by atoms with Gasteiger partial charge in [-0.1, -0.05) is 36.7 Å². The van der Waals surface area contributed by atoms with E-state index in [0.29, 0.717) is 17.0 Å². The number of benzene rings is 1. The molecule has 0 bridgehead atoms. The first-order valence-corrected chi connectivity index (χ1v) is 8.68. The molecule has 0 fully saturated rings. The smallest absolute Gasteiger partial charge is 0.336 e. The van der Waals surface area contributed by atoms with E-state index in [1.807, 2.05) is 38.1 Å². The SMILES string of the molecule is CCCC(=O)OC.COC(=O)C1=C(C)NCCC1c1ccccc1Cl. The van der Waals surface area contributed by atoms with E-state index in [-0.39, 0.29) is 17.9 Å². The predicted molar refractivity (Wildman–Crippen MR) is 98.5 cm³/mol. The van der Waals surface area contributed by atoms with E-state index in [2.05, 4.69) is 10.1 Å². The Bertz CT molecular complexity index is 628. The number of esters is 2. The van der Waals surface area contributed by atoms with E-state index >= 15 is 0 Å². The minimum absolute atomic E-state index is 0.00685. The molecule has 5 nitrogen and oxygen atoms in total. The highest BCUT2D eigenvalue weighted by atomic mass is 35.5. The summed E-state index contributed by atoms with van der Waals surface area (Å²) in [5.74, 6) is -0.403. The summed E-state index contributed by atoms with van der Waals surface area (Å²) in [6.45, 7) is 4.67. The monoisotopic (exact) mass is 367 g/mol. The molecule has 1 N–H and O–H groups in total. The summed E-state index contributed by atoms with van der Waals surface area (Å²) in [7, 11) is 2.80. The van der Waals surface area contributed by atoms with Gasteiger partial charge in [0.25, 0.3) is 0 Å². The van der Waals surface area contributed by atoms with Gasteiger partial charge in [0.05, 0.1) is 19.8 Å². The number of rotatable bonds is 4. The molecule has 1 atom stereocenters. The minimum Gasteiger partial charge on any atom is -0.469 e.